The smallest absolute Gasteiger partial charge is 0.313 e. The van der Waals surface area contributed by atoms with Crippen molar-refractivity contribution in [3.8, 4) is 0 Å². The van der Waals surface area contributed by atoms with Crippen molar-refractivity contribution in [3.63, 3.8) is 0 Å². The van der Waals surface area contributed by atoms with Crippen molar-refractivity contribution in [2.45, 2.75) is 61.6 Å². The Balaban J connectivity index is 2.50. The summed E-state index contributed by atoms with van der Waals surface area (Å²) in [6.07, 6.45) is -4.54. The molecule has 1 aliphatic heterocycles. The van der Waals surface area contributed by atoms with Gasteiger partial charge in [0.2, 0.25) is 0 Å². The maximum Gasteiger partial charge on any atom is 0.389 e. The summed E-state index contributed by atoms with van der Waals surface area (Å²) in [5.74, 6) is 0.950. The predicted octanol–water partition coefficient (Wildman–Crippen LogP) is 3.93. The van der Waals surface area contributed by atoms with Crippen LogP contribution in [0.15, 0.2) is 0 Å². The summed E-state index contributed by atoms with van der Waals surface area (Å²) in [6, 6.07) is -0.0240. The van der Waals surface area contributed by atoms with E-state index in [2.05, 4.69) is 19.2 Å². The molecule has 1 saturated heterocycles. The van der Waals surface area contributed by atoms with Crippen LogP contribution in [0.1, 0.15) is 33.6 Å². The number of thioether (sulfide) groups is 2. The third kappa shape index (κ3) is 5.61. The lowest BCUT2D eigenvalue weighted by Gasteiger charge is -2.36. The summed E-state index contributed by atoms with van der Waals surface area (Å²) in [6.45, 7) is 7.04. The molecule has 1 N–H and O–H groups in total. The Morgan fingerprint density at radius 3 is 2.44 bits per heavy atom. The topological polar surface area (TPSA) is 12.0 Å². The minimum Gasteiger partial charge on any atom is -0.313 e. The van der Waals surface area contributed by atoms with Gasteiger partial charge in [-0.05, 0) is 13.0 Å². The van der Waals surface area contributed by atoms with Crippen molar-refractivity contribution < 1.29 is 13.2 Å². The molecule has 108 valence electrons. The Kier molecular flexibility index (Phi) is 6.68. The monoisotopic (exact) mass is 301 g/mol. The quantitative estimate of drug-likeness (QED) is 0.826. The van der Waals surface area contributed by atoms with E-state index >= 15 is 0 Å². The molecule has 1 nitrogen and oxygen atoms in total. The van der Waals surface area contributed by atoms with Crippen molar-refractivity contribution in [1.29, 1.82) is 0 Å². The Hall–Kier alpha value is 0.450. The van der Waals surface area contributed by atoms with Gasteiger partial charge >= 0.3 is 6.18 Å². The van der Waals surface area contributed by atoms with Crippen LogP contribution in [0.3, 0.4) is 0 Å². The highest BCUT2D eigenvalue weighted by atomic mass is 32.2. The molecule has 4 atom stereocenters. The second-order valence-corrected chi connectivity index (χ2v) is 7.77. The van der Waals surface area contributed by atoms with Gasteiger partial charge in [0.25, 0.3) is 0 Å². The van der Waals surface area contributed by atoms with E-state index < -0.39 is 12.6 Å². The highest BCUT2D eigenvalue weighted by Gasteiger charge is 2.34. The molecule has 0 saturated carbocycles. The first kappa shape index (κ1) is 16.5. The second kappa shape index (κ2) is 7.29. The molecule has 0 aromatic carbocycles. The van der Waals surface area contributed by atoms with E-state index in [0.717, 1.165) is 12.3 Å². The van der Waals surface area contributed by atoms with Crippen molar-refractivity contribution in [1.82, 2.24) is 5.32 Å². The molecule has 0 aromatic heterocycles. The average Bonchev–Trinajstić information content (AvgIpc) is 2.27. The van der Waals surface area contributed by atoms with E-state index in [-0.39, 0.29) is 12.5 Å². The van der Waals surface area contributed by atoms with Gasteiger partial charge in [0.05, 0.1) is 0 Å². The summed E-state index contributed by atoms with van der Waals surface area (Å²) in [7, 11) is 0. The summed E-state index contributed by atoms with van der Waals surface area (Å²) >= 11 is 3.72. The molecule has 6 heteroatoms. The van der Waals surface area contributed by atoms with Crippen LogP contribution in [0.25, 0.3) is 0 Å². The van der Waals surface area contributed by atoms with Gasteiger partial charge in [-0.2, -0.15) is 36.7 Å². The Labute approximate surface area is 116 Å². The Bertz CT molecular complexity index is 248. The standard InChI is InChI=1S/C12H22F3NS2/c1-4-16-10(5-6-12(13,14)15)11-7-17-8(2)9(3)18-11/h8-11,16H,4-7H2,1-3H3. The molecule has 0 radical (unpaired) electrons. The number of hydrogen-bond donors (Lipinski definition) is 1. The molecule has 1 aliphatic rings. The number of alkyl halides is 3. The molecule has 1 rings (SSSR count). The van der Waals surface area contributed by atoms with Crippen LogP contribution in [0.4, 0.5) is 13.2 Å². The molecule has 0 aliphatic carbocycles. The van der Waals surface area contributed by atoms with Gasteiger partial charge < -0.3 is 5.32 Å². The molecule has 0 amide bonds. The molecule has 0 spiro atoms. The Morgan fingerprint density at radius 2 is 1.94 bits per heavy atom. The van der Waals surface area contributed by atoms with Crippen molar-refractivity contribution in [3.05, 3.63) is 0 Å². The fourth-order valence-corrected chi connectivity index (χ4v) is 5.19. The number of nitrogens with one attached hydrogen (secondary N) is 1. The third-order valence-corrected chi connectivity index (χ3v) is 6.78. The van der Waals surface area contributed by atoms with Crippen molar-refractivity contribution in [2.24, 2.45) is 0 Å². The summed E-state index contributed by atoms with van der Waals surface area (Å²) < 4.78 is 37.0. The maximum absolute atomic E-state index is 12.3. The summed E-state index contributed by atoms with van der Waals surface area (Å²) in [5, 5.41) is 4.63. The van der Waals surface area contributed by atoms with Gasteiger partial charge in [-0.15, -0.1) is 0 Å². The molecular weight excluding hydrogens is 279 g/mol. The number of halogens is 3. The fraction of sp³-hybridized carbons (Fsp3) is 1.00. The van der Waals surface area contributed by atoms with E-state index in [1.165, 1.54) is 0 Å². The first-order chi connectivity index (χ1) is 8.33. The zero-order valence-corrected chi connectivity index (χ0v) is 12.7. The average molecular weight is 301 g/mol. The van der Waals surface area contributed by atoms with Crippen LogP contribution < -0.4 is 5.32 Å². The van der Waals surface area contributed by atoms with Crippen LogP contribution in [0.2, 0.25) is 0 Å². The number of rotatable bonds is 5. The van der Waals surface area contributed by atoms with E-state index in [1.54, 1.807) is 0 Å². The van der Waals surface area contributed by atoms with Gasteiger partial charge in [-0.25, -0.2) is 0 Å². The predicted molar refractivity (Wildman–Crippen MR) is 75.5 cm³/mol. The van der Waals surface area contributed by atoms with Gasteiger partial charge in [0.1, 0.15) is 0 Å². The van der Waals surface area contributed by atoms with Gasteiger partial charge in [0, 0.05) is 34.0 Å². The lowest BCUT2D eigenvalue weighted by Crippen LogP contribution is -2.43. The van der Waals surface area contributed by atoms with Crippen LogP contribution in [-0.4, -0.2) is 40.3 Å². The van der Waals surface area contributed by atoms with Gasteiger partial charge in [-0.1, -0.05) is 20.8 Å². The van der Waals surface area contributed by atoms with Crippen molar-refractivity contribution in [2.75, 3.05) is 12.3 Å². The van der Waals surface area contributed by atoms with E-state index in [0.29, 0.717) is 15.7 Å². The molecule has 0 aromatic rings. The summed E-state index contributed by atoms with van der Waals surface area (Å²) in [4.78, 5) is 0. The highest BCUT2D eigenvalue weighted by Crippen LogP contribution is 2.38. The lowest BCUT2D eigenvalue weighted by molar-refractivity contribution is -0.136. The van der Waals surface area contributed by atoms with E-state index in [1.807, 2.05) is 30.4 Å². The maximum atomic E-state index is 12.3. The molecule has 18 heavy (non-hydrogen) atoms. The van der Waals surface area contributed by atoms with E-state index in [9.17, 15) is 13.2 Å². The summed E-state index contributed by atoms with van der Waals surface area (Å²) in [5.41, 5.74) is 0. The zero-order chi connectivity index (χ0) is 13.8. The van der Waals surface area contributed by atoms with Gasteiger partial charge in [0.15, 0.2) is 0 Å². The highest BCUT2D eigenvalue weighted by molar-refractivity contribution is 8.07. The van der Waals surface area contributed by atoms with Crippen LogP contribution in [-0.2, 0) is 0 Å². The van der Waals surface area contributed by atoms with Crippen LogP contribution >= 0.6 is 23.5 Å². The first-order valence-corrected chi connectivity index (χ1v) is 8.40. The normalized spacial score (nSPS) is 31.3. The molecular formula is C12H22F3NS2. The minimum atomic E-state index is -4.04. The molecule has 1 heterocycles. The Morgan fingerprint density at radius 1 is 1.28 bits per heavy atom. The first-order valence-electron chi connectivity index (χ1n) is 6.40. The molecule has 0 bridgehead atoms. The minimum absolute atomic E-state index is 0.0240. The SMILES string of the molecule is CCNC(CCC(F)(F)F)C1CSC(C)C(C)S1. The van der Waals surface area contributed by atoms with Gasteiger partial charge in [-0.3, -0.25) is 0 Å². The lowest BCUT2D eigenvalue weighted by atomic mass is 10.1. The zero-order valence-electron chi connectivity index (χ0n) is 11.1. The molecule has 4 unspecified atom stereocenters. The third-order valence-electron chi connectivity index (χ3n) is 3.23. The van der Waals surface area contributed by atoms with Crippen molar-refractivity contribution >= 4 is 23.5 Å². The fourth-order valence-electron chi connectivity index (χ4n) is 2.02. The second-order valence-electron chi connectivity index (χ2n) is 4.74. The molecule has 1 fully saturated rings. The number of hydrogen-bond acceptors (Lipinski definition) is 3. The van der Waals surface area contributed by atoms with Crippen LogP contribution in [0.5, 0.6) is 0 Å². The largest absolute Gasteiger partial charge is 0.389 e. The van der Waals surface area contributed by atoms with E-state index in [4.69, 9.17) is 0 Å². The van der Waals surface area contributed by atoms with Crippen LogP contribution in [0, 0.1) is 0 Å².